The molecule has 0 bridgehead atoms. The molecule has 0 spiro atoms. The molecule has 1 heterocycles. The van der Waals surface area contributed by atoms with Crippen LogP contribution in [-0.2, 0) is 17.6 Å². The molecule has 0 unspecified atom stereocenters. The summed E-state index contributed by atoms with van der Waals surface area (Å²) in [6.07, 6.45) is 4.35. The maximum Gasteiger partial charge on any atom is 0.323 e. The Labute approximate surface area is 165 Å². The van der Waals surface area contributed by atoms with Crippen LogP contribution in [0.2, 0.25) is 0 Å². The maximum absolute atomic E-state index is 12.3. The predicted octanol–water partition coefficient (Wildman–Crippen LogP) is 4.20. The zero-order chi connectivity index (χ0) is 18.7. The largest absolute Gasteiger partial charge is 0.324 e. The minimum atomic E-state index is -0.334. The van der Waals surface area contributed by atoms with E-state index in [9.17, 15) is 9.59 Å². The van der Waals surface area contributed by atoms with Crippen molar-refractivity contribution in [3.8, 4) is 0 Å². The van der Waals surface area contributed by atoms with Gasteiger partial charge in [0.2, 0.25) is 5.91 Å². The molecule has 0 atom stereocenters. The lowest BCUT2D eigenvalue weighted by atomic mass is 10.0. The minimum absolute atomic E-state index is 0.0353. The third-order valence-electron chi connectivity index (χ3n) is 4.25. The van der Waals surface area contributed by atoms with E-state index >= 15 is 0 Å². The molecule has 0 fully saturated rings. The molecular weight excluding hydrogens is 416 g/mol. The van der Waals surface area contributed by atoms with Gasteiger partial charge in [0, 0.05) is 22.1 Å². The average molecular weight is 437 g/mol. The maximum atomic E-state index is 12.3. The summed E-state index contributed by atoms with van der Waals surface area (Å²) in [4.78, 5) is 31.6. The second-order valence-corrected chi connectivity index (χ2v) is 8.39. The molecule has 138 valence electrons. The number of nitrogens with one attached hydrogen (secondary N) is 2. The summed E-state index contributed by atoms with van der Waals surface area (Å²) in [6, 6.07) is 5.29. The highest BCUT2D eigenvalue weighted by atomic mass is 79.9. The van der Waals surface area contributed by atoms with Crippen molar-refractivity contribution in [1.82, 2.24) is 9.88 Å². The van der Waals surface area contributed by atoms with Crippen LogP contribution in [0.25, 0.3) is 0 Å². The van der Waals surface area contributed by atoms with Crippen LogP contribution in [-0.4, -0.2) is 35.4 Å². The SMILES string of the molecule is Cc1cc(Br)ccc1NC(=O)CN(C)C(=O)Nc1nc2c(s1)CCCC2. The number of carbonyl (C=O) groups excluding carboxylic acids is 2. The molecule has 0 aliphatic heterocycles. The number of halogens is 1. The first kappa shape index (κ1) is 18.8. The summed E-state index contributed by atoms with van der Waals surface area (Å²) in [7, 11) is 1.59. The standard InChI is InChI=1S/C18H21BrN4O2S/c1-11-9-12(19)7-8-13(11)20-16(24)10-23(2)18(25)22-17-21-14-5-3-4-6-15(14)26-17/h7-9H,3-6,10H2,1-2H3,(H,20,24)(H,21,22,25). The van der Waals surface area contributed by atoms with Gasteiger partial charge >= 0.3 is 6.03 Å². The smallest absolute Gasteiger partial charge is 0.323 e. The summed E-state index contributed by atoms with van der Waals surface area (Å²) >= 11 is 4.93. The van der Waals surface area contributed by atoms with Gasteiger partial charge in [-0.25, -0.2) is 9.78 Å². The molecule has 0 saturated heterocycles. The van der Waals surface area contributed by atoms with E-state index < -0.39 is 0 Å². The number of anilines is 2. The van der Waals surface area contributed by atoms with E-state index in [-0.39, 0.29) is 18.5 Å². The minimum Gasteiger partial charge on any atom is -0.324 e. The Kier molecular flexibility index (Phi) is 5.93. The van der Waals surface area contributed by atoms with Gasteiger partial charge in [-0.1, -0.05) is 15.9 Å². The van der Waals surface area contributed by atoms with Crippen LogP contribution in [0.3, 0.4) is 0 Å². The van der Waals surface area contributed by atoms with Crippen molar-refractivity contribution in [3.63, 3.8) is 0 Å². The predicted molar refractivity (Wildman–Crippen MR) is 108 cm³/mol. The number of urea groups is 1. The first-order valence-electron chi connectivity index (χ1n) is 8.49. The fraction of sp³-hybridized carbons (Fsp3) is 0.389. The average Bonchev–Trinajstić information content (AvgIpc) is 2.99. The van der Waals surface area contributed by atoms with Crippen molar-refractivity contribution in [3.05, 3.63) is 38.8 Å². The van der Waals surface area contributed by atoms with Crippen molar-refractivity contribution >= 4 is 50.0 Å². The topological polar surface area (TPSA) is 74.3 Å². The van der Waals surface area contributed by atoms with Gasteiger partial charge in [0.15, 0.2) is 5.13 Å². The fourth-order valence-corrected chi connectivity index (χ4v) is 4.35. The van der Waals surface area contributed by atoms with Gasteiger partial charge in [-0.3, -0.25) is 10.1 Å². The normalized spacial score (nSPS) is 13.0. The molecule has 2 aromatic rings. The first-order valence-corrected chi connectivity index (χ1v) is 10.1. The van der Waals surface area contributed by atoms with Gasteiger partial charge in [0.25, 0.3) is 0 Å². The Bertz CT molecular complexity index is 813. The van der Waals surface area contributed by atoms with E-state index in [0.717, 1.165) is 40.7 Å². The summed E-state index contributed by atoms with van der Waals surface area (Å²) < 4.78 is 0.954. The highest BCUT2D eigenvalue weighted by Gasteiger charge is 2.19. The van der Waals surface area contributed by atoms with E-state index in [2.05, 4.69) is 31.5 Å². The zero-order valence-corrected chi connectivity index (χ0v) is 17.2. The molecule has 3 amide bonds. The van der Waals surface area contributed by atoms with E-state index in [1.165, 1.54) is 27.5 Å². The third-order valence-corrected chi connectivity index (χ3v) is 5.82. The van der Waals surface area contributed by atoms with Crippen LogP contribution < -0.4 is 10.6 Å². The molecule has 1 aromatic carbocycles. The quantitative estimate of drug-likeness (QED) is 0.753. The Balaban J connectivity index is 1.55. The van der Waals surface area contributed by atoms with Crippen molar-refractivity contribution in [2.75, 3.05) is 24.2 Å². The number of aromatic nitrogens is 1. The van der Waals surface area contributed by atoms with Gasteiger partial charge in [-0.05, 0) is 56.4 Å². The Morgan fingerprint density at radius 2 is 2.04 bits per heavy atom. The molecule has 6 nitrogen and oxygen atoms in total. The van der Waals surface area contributed by atoms with Gasteiger partial charge in [-0.2, -0.15) is 0 Å². The fourth-order valence-electron chi connectivity index (χ4n) is 2.84. The van der Waals surface area contributed by atoms with Crippen LogP contribution >= 0.6 is 27.3 Å². The summed E-state index contributed by atoms with van der Waals surface area (Å²) in [5, 5.41) is 6.24. The Morgan fingerprint density at radius 3 is 2.77 bits per heavy atom. The second kappa shape index (κ2) is 8.18. The molecule has 3 rings (SSSR count). The number of rotatable bonds is 4. The molecule has 2 N–H and O–H groups in total. The number of hydrogen-bond donors (Lipinski definition) is 2. The molecule has 8 heteroatoms. The number of aryl methyl sites for hydroxylation is 3. The van der Waals surface area contributed by atoms with Gasteiger partial charge < -0.3 is 10.2 Å². The van der Waals surface area contributed by atoms with Gasteiger partial charge in [0.1, 0.15) is 6.54 Å². The summed E-state index contributed by atoms with van der Waals surface area (Å²) in [5.74, 6) is -0.244. The number of amides is 3. The van der Waals surface area contributed by atoms with E-state index in [4.69, 9.17) is 0 Å². The number of carbonyl (C=O) groups is 2. The molecule has 1 aliphatic rings. The molecule has 0 saturated carbocycles. The summed E-state index contributed by atoms with van der Waals surface area (Å²) in [5.41, 5.74) is 2.79. The van der Waals surface area contributed by atoms with Crippen molar-refractivity contribution < 1.29 is 9.59 Å². The van der Waals surface area contributed by atoms with E-state index in [0.29, 0.717) is 5.13 Å². The van der Waals surface area contributed by atoms with Crippen LogP contribution in [0.4, 0.5) is 15.6 Å². The van der Waals surface area contributed by atoms with E-state index in [1.54, 1.807) is 7.05 Å². The number of hydrogen-bond acceptors (Lipinski definition) is 4. The Morgan fingerprint density at radius 1 is 1.27 bits per heavy atom. The molecule has 1 aromatic heterocycles. The highest BCUT2D eigenvalue weighted by molar-refractivity contribution is 9.10. The number of fused-ring (bicyclic) bond motifs is 1. The monoisotopic (exact) mass is 436 g/mol. The number of nitrogens with zero attached hydrogens (tertiary/aromatic N) is 2. The van der Waals surface area contributed by atoms with Crippen molar-refractivity contribution in [2.45, 2.75) is 32.6 Å². The first-order chi connectivity index (χ1) is 12.4. The highest BCUT2D eigenvalue weighted by Crippen LogP contribution is 2.29. The van der Waals surface area contributed by atoms with Crippen molar-refractivity contribution in [2.24, 2.45) is 0 Å². The van der Waals surface area contributed by atoms with E-state index in [1.807, 2.05) is 25.1 Å². The third kappa shape index (κ3) is 4.62. The molecule has 26 heavy (non-hydrogen) atoms. The molecule has 1 aliphatic carbocycles. The zero-order valence-electron chi connectivity index (χ0n) is 14.8. The van der Waals surface area contributed by atoms with Crippen LogP contribution in [0, 0.1) is 6.92 Å². The van der Waals surface area contributed by atoms with Crippen molar-refractivity contribution in [1.29, 1.82) is 0 Å². The second-order valence-electron chi connectivity index (χ2n) is 6.39. The van der Waals surface area contributed by atoms with Crippen LogP contribution in [0.5, 0.6) is 0 Å². The lowest BCUT2D eigenvalue weighted by Crippen LogP contribution is -2.37. The van der Waals surface area contributed by atoms with Crippen LogP contribution in [0.1, 0.15) is 29.0 Å². The summed E-state index contributed by atoms with van der Waals surface area (Å²) in [6.45, 7) is 1.88. The lowest BCUT2D eigenvalue weighted by Gasteiger charge is -2.17. The molecule has 0 radical (unpaired) electrons. The lowest BCUT2D eigenvalue weighted by molar-refractivity contribution is -0.116. The number of thiazole rings is 1. The molecular formula is C18H21BrN4O2S. The van der Waals surface area contributed by atoms with Gasteiger partial charge in [-0.15, -0.1) is 11.3 Å². The van der Waals surface area contributed by atoms with Gasteiger partial charge in [0.05, 0.1) is 5.69 Å². The number of likely N-dealkylation sites (N-methyl/N-ethyl adjacent to an activating group) is 1. The Hall–Kier alpha value is -1.93. The number of benzene rings is 1. The van der Waals surface area contributed by atoms with Crippen LogP contribution in [0.15, 0.2) is 22.7 Å².